The van der Waals surface area contributed by atoms with Crippen LogP contribution in [0.4, 0.5) is 0 Å². The van der Waals surface area contributed by atoms with Crippen LogP contribution in [0.25, 0.3) is 6.08 Å². The van der Waals surface area contributed by atoms with Crippen LogP contribution in [-0.2, 0) is 9.53 Å². The Morgan fingerprint density at radius 3 is 2.37 bits per heavy atom. The van der Waals surface area contributed by atoms with E-state index < -0.39 is 8.32 Å². The van der Waals surface area contributed by atoms with Crippen molar-refractivity contribution in [2.45, 2.75) is 19.6 Å². The summed E-state index contributed by atoms with van der Waals surface area (Å²) in [6, 6.07) is 5.54. The fraction of sp³-hybridized carbons (Fsp3) is 0.357. The van der Waals surface area contributed by atoms with E-state index in [-0.39, 0.29) is 5.97 Å². The van der Waals surface area contributed by atoms with E-state index in [1.165, 1.54) is 13.2 Å². The first-order valence-electron chi connectivity index (χ1n) is 5.99. The number of carbonyl (C=O) groups is 1. The molecule has 0 N–H and O–H groups in total. The molecular weight excluding hydrogens is 260 g/mol. The number of methoxy groups -OCH3 is 2. The van der Waals surface area contributed by atoms with Crippen molar-refractivity contribution in [2.75, 3.05) is 14.2 Å². The molecule has 0 aliphatic carbocycles. The molecule has 0 saturated carbocycles. The van der Waals surface area contributed by atoms with Gasteiger partial charge in [0, 0.05) is 6.08 Å². The van der Waals surface area contributed by atoms with E-state index >= 15 is 0 Å². The van der Waals surface area contributed by atoms with E-state index in [0.29, 0.717) is 11.5 Å². The van der Waals surface area contributed by atoms with Crippen LogP contribution in [0.3, 0.4) is 0 Å². The number of esters is 1. The molecule has 0 aromatic heterocycles. The standard InChI is InChI=1S/C14H20O4Si/c1-16-12-8-6-11(7-9-14(15)17-2)10-13(12)18-19(3,4)5/h6-10H,1-5H3/b9-7+. The fourth-order valence-electron chi connectivity index (χ4n) is 1.44. The zero-order valence-electron chi connectivity index (χ0n) is 12.0. The summed E-state index contributed by atoms with van der Waals surface area (Å²) in [6.45, 7) is 6.30. The molecule has 0 saturated heterocycles. The lowest BCUT2D eigenvalue weighted by Gasteiger charge is -2.21. The summed E-state index contributed by atoms with van der Waals surface area (Å²) in [7, 11) is 1.24. The minimum absolute atomic E-state index is 0.386. The molecular formula is C14H20O4Si. The molecule has 0 amide bonds. The number of rotatable bonds is 5. The Hall–Kier alpha value is -1.75. The first-order chi connectivity index (χ1) is 8.85. The monoisotopic (exact) mass is 280 g/mol. The van der Waals surface area contributed by atoms with Gasteiger partial charge in [0.1, 0.15) is 5.75 Å². The molecule has 0 heterocycles. The molecule has 1 aromatic carbocycles. The Morgan fingerprint density at radius 1 is 1.16 bits per heavy atom. The predicted molar refractivity (Wildman–Crippen MR) is 78.0 cm³/mol. The van der Waals surface area contributed by atoms with Gasteiger partial charge >= 0.3 is 5.97 Å². The molecule has 0 fully saturated rings. The first kappa shape index (κ1) is 15.3. The highest BCUT2D eigenvalue weighted by molar-refractivity contribution is 6.70. The van der Waals surface area contributed by atoms with E-state index in [2.05, 4.69) is 24.4 Å². The Balaban J connectivity index is 3.01. The maximum Gasteiger partial charge on any atom is 0.330 e. The molecule has 0 spiro atoms. The van der Waals surface area contributed by atoms with Crippen LogP contribution in [0.1, 0.15) is 5.56 Å². The summed E-state index contributed by atoms with van der Waals surface area (Å²) >= 11 is 0. The highest BCUT2D eigenvalue weighted by Crippen LogP contribution is 2.30. The topological polar surface area (TPSA) is 44.8 Å². The maximum atomic E-state index is 11.1. The van der Waals surface area contributed by atoms with Crippen molar-refractivity contribution in [3.8, 4) is 11.5 Å². The molecule has 19 heavy (non-hydrogen) atoms. The van der Waals surface area contributed by atoms with E-state index in [1.54, 1.807) is 13.2 Å². The normalized spacial score (nSPS) is 11.4. The van der Waals surface area contributed by atoms with E-state index in [9.17, 15) is 4.79 Å². The number of ether oxygens (including phenoxy) is 2. The Labute approximate surface area is 115 Å². The lowest BCUT2D eigenvalue weighted by atomic mass is 10.2. The summed E-state index contributed by atoms with van der Waals surface area (Å²) in [5.74, 6) is 1.01. The van der Waals surface area contributed by atoms with Crippen molar-refractivity contribution < 1.29 is 18.7 Å². The number of carbonyl (C=O) groups excluding carboxylic acids is 1. The summed E-state index contributed by atoms with van der Waals surface area (Å²) in [5, 5.41) is 0. The molecule has 0 unspecified atom stereocenters. The van der Waals surface area contributed by atoms with Crippen molar-refractivity contribution in [1.82, 2.24) is 0 Å². The van der Waals surface area contributed by atoms with Gasteiger partial charge in [0.15, 0.2) is 5.75 Å². The predicted octanol–water partition coefficient (Wildman–Crippen LogP) is 3.10. The van der Waals surface area contributed by atoms with Gasteiger partial charge in [-0.2, -0.15) is 0 Å². The average Bonchev–Trinajstić information content (AvgIpc) is 2.34. The largest absolute Gasteiger partial charge is 0.542 e. The van der Waals surface area contributed by atoms with Gasteiger partial charge < -0.3 is 13.9 Å². The van der Waals surface area contributed by atoms with Gasteiger partial charge in [-0.1, -0.05) is 6.07 Å². The van der Waals surface area contributed by atoms with Gasteiger partial charge in [0.2, 0.25) is 8.32 Å². The lowest BCUT2D eigenvalue weighted by Crippen LogP contribution is -2.29. The molecule has 0 radical (unpaired) electrons. The second-order valence-corrected chi connectivity index (χ2v) is 9.41. The Bertz CT molecular complexity index is 475. The number of hydrogen-bond donors (Lipinski definition) is 0. The third-order valence-corrected chi connectivity index (χ3v) is 3.05. The zero-order chi connectivity index (χ0) is 14.5. The minimum Gasteiger partial charge on any atom is -0.542 e. The highest BCUT2D eigenvalue weighted by Gasteiger charge is 2.18. The molecule has 0 aliphatic heterocycles. The zero-order valence-corrected chi connectivity index (χ0v) is 13.0. The fourth-order valence-corrected chi connectivity index (χ4v) is 2.26. The molecule has 5 heteroatoms. The molecule has 0 atom stereocenters. The van der Waals surface area contributed by atoms with E-state index in [1.807, 2.05) is 18.2 Å². The van der Waals surface area contributed by atoms with Crippen molar-refractivity contribution >= 4 is 20.4 Å². The van der Waals surface area contributed by atoms with Crippen LogP contribution in [0, 0.1) is 0 Å². The first-order valence-corrected chi connectivity index (χ1v) is 9.39. The molecule has 1 aromatic rings. The van der Waals surface area contributed by atoms with Crippen molar-refractivity contribution in [3.63, 3.8) is 0 Å². The summed E-state index contributed by atoms with van der Waals surface area (Å²) in [6.07, 6.45) is 3.06. The summed E-state index contributed by atoms with van der Waals surface area (Å²) < 4.78 is 15.8. The van der Waals surface area contributed by atoms with Gasteiger partial charge in [-0.05, 0) is 43.4 Å². The van der Waals surface area contributed by atoms with E-state index in [4.69, 9.17) is 9.16 Å². The molecule has 0 aliphatic rings. The maximum absolute atomic E-state index is 11.1. The van der Waals surface area contributed by atoms with Gasteiger partial charge in [0.05, 0.1) is 14.2 Å². The second kappa shape index (κ2) is 6.42. The van der Waals surface area contributed by atoms with Crippen LogP contribution < -0.4 is 9.16 Å². The van der Waals surface area contributed by atoms with Crippen LogP contribution in [0.5, 0.6) is 11.5 Å². The molecule has 0 bridgehead atoms. The van der Waals surface area contributed by atoms with Crippen molar-refractivity contribution in [3.05, 3.63) is 29.8 Å². The Kier molecular flexibility index (Phi) is 5.17. The quantitative estimate of drug-likeness (QED) is 0.472. The summed E-state index contributed by atoms with van der Waals surface area (Å²) in [4.78, 5) is 11.1. The van der Waals surface area contributed by atoms with Crippen molar-refractivity contribution in [2.24, 2.45) is 0 Å². The van der Waals surface area contributed by atoms with E-state index in [0.717, 1.165) is 5.56 Å². The third kappa shape index (κ3) is 5.17. The van der Waals surface area contributed by atoms with Gasteiger partial charge in [-0.15, -0.1) is 0 Å². The summed E-state index contributed by atoms with van der Waals surface area (Å²) in [5.41, 5.74) is 0.861. The average molecular weight is 280 g/mol. The van der Waals surface area contributed by atoms with Gasteiger partial charge in [-0.25, -0.2) is 4.79 Å². The van der Waals surface area contributed by atoms with Crippen molar-refractivity contribution in [1.29, 1.82) is 0 Å². The highest BCUT2D eigenvalue weighted by atomic mass is 28.4. The van der Waals surface area contributed by atoms with Gasteiger partial charge in [0.25, 0.3) is 0 Å². The van der Waals surface area contributed by atoms with Crippen LogP contribution in [-0.4, -0.2) is 28.5 Å². The smallest absolute Gasteiger partial charge is 0.330 e. The van der Waals surface area contributed by atoms with Crippen LogP contribution in [0.15, 0.2) is 24.3 Å². The lowest BCUT2D eigenvalue weighted by molar-refractivity contribution is -0.134. The van der Waals surface area contributed by atoms with Crippen LogP contribution >= 0.6 is 0 Å². The SMILES string of the molecule is COC(=O)/C=C/c1ccc(OC)c(O[Si](C)(C)C)c1. The van der Waals surface area contributed by atoms with Crippen LogP contribution in [0.2, 0.25) is 19.6 Å². The number of benzene rings is 1. The number of hydrogen-bond acceptors (Lipinski definition) is 4. The Morgan fingerprint density at radius 2 is 1.84 bits per heavy atom. The molecule has 104 valence electrons. The van der Waals surface area contributed by atoms with Gasteiger partial charge in [-0.3, -0.25) is 0 Å². The second-order valence-electron chi connectivity index (χ2n) is 4.98. The minimum atomic E-state index is -1.72. The molecule has 1 rings (SSSR count). The third-order valence-electron chi connectivity index (χ3n) is 2.22. The molecule has 4 nitrogen and oxygen atoms in total.